The summed E-state index contributed by atoms with van der Waals surface area (Å²) in [7, 11) is 0. The molecule has 4 N–H and O–H groups in total. The van der Waals surface area contributed by atoms with E-state index in [0.29, 0.717) is 0 Å². The molecule has 0 aliphatic carbocycles. The van der Waals surface area contributed by atoms with Crippen molar-refractivity contribution < 1.29 is 19.1 Å². The van der Waals surface area contributed by atoms with Crippen molar-refractivity contribution in [2.75, 3.05) is 13.2 Å². The maximum Gasteiger partial charge on any atom is 0.404 e. The van der Waals surface area contributed by atoms with Gasteiger partial charge in [-0.3, -0.25) is 0 Å². The second kappa shape index (κ2) is 5.90. The fraction of sp³-hybridized carbons (Fsp3) is 0.333. The number of ether oxygens (including phenoxy) is 2. The molecule has 0 aromatic heterocycles. The van der Waals surface area contributed by atoms with E-state index < -0.39 is 17.6 Å². The minimum Gasteiger partial charge on any atom is -0.449 e. The molecule has 18 heavy (non-hydrogen) atoms. The van der Waals surface area contributed by atoms with Gasteiger partial charge >= 0.3 is 12.2 Å². The predicted molar refractivity (Wildman–Crippen MR) is 64.9 cm³/mol. The quantitative estimate of drug-likeness (QED) is 0.819. The molecule has 0 aliphatic rings. The number of rotatable bonds is 5. The molecule has 0 radical (unpaired) electrons. The number of hydrogen-bond donors (Lipinski definition) is 2. The zero-order valence-corrected chi connectivity index (χ0v) is 10.1. The molecule has 0 saturated carbocycles. The Balaban J connectivity index is 2.86. The summed E-state index contributed by atoms with van der Waals surface area (Å²) in [6.07, 6.45) is -1.76. The summed E-state index contributed by atoms with van der Waals surface area (Å²) < 4.78 is 9.60. The summed E-state index contributed by atoms with van der Waals surface area (Å²) in [6.45, 7) is 1.79. The normalized spacial score (nSPS) is 10.7. The SMILES string of the molecule is CC(COC(N)=O)(COC(N)=O)c1ccccc1. The number of primary amides is 2. The van der Waals surface area contributed by atoms with E-state index in [4.69, 9.17) is 20.9 Å². The van der Waals surface area contributed by atoms with Crippen LogP contribution in [0.15, 0.2) is 30.3 Å². The van der Waals surface area contributed by atoms with Crippen molar-refractivity contribution in [3.05, 3.63) is 35.9 Å². The van der Waals surface area contributed by atoms with Crippen molar-refractivity contribution in [1.29, 1.82) is 0 Å². The lowest BCUT2D eigenvalue weighted by molar-refractivity contribution is 0.0817. The fourth-order valence-electron chi connectivity index (χ4n) is 1.51. The molecule has 0 spiro atoms. The number of benzene rings is 1. The smallest absolute Gasteiger partial charge is 0.404 e. The molecule has 0 bridgehead atoms. The lowest BCUT2D eigenvalue weighted by Gasteiger charge is -2.28. The molecule has 6 heteroatoms. The number of nitrogens with two attached hydrogens (primary N) is 2. The van der Waals surface area contributed by atoms with E-state index in [1.165, 1.54) is 0 Å². The highest BCUT2D eigenvalue weighted by Gasteiger charge is 2.30. The van der Waals surface area contributed by atoms with Gasteiger partial charge in [0.25, 0.3) is 0 Å². The van der Waals surface area contributed by atoms with Gasteiger partial charge in [-0.2, -0.15) is 0 Å². The third-order valence-electron chi connectivity index (χ3n) is 2.54. The lowest BCUT2D eigenvalue weighted by atomic mass is 9.84. The molecule has 0 atom stereocenters. The molecule has 0 fully saturated rings. The van der Waals surface area contributed by atoms with E-state index in [1.807, 2.05) is 30.3 Å². The van der Waals surface area contributed by atoms with Crippen LogP contribution in [0.4, 0.5) is 9.59 Å². The summed E-state index contributed by atoms with van der Waals surface area (Å²) in [6, 6.07) is 9.21. The summed E-state index contributed by atoms with van der Waals surface area (Å²) in [5.41, 5.74) is 10.0. The molecule has 2 amide bonds. The van der Waals surface area contributed by atoms with Gasteiger partial charge in [-0.15, -0.1) is 0 Å². The maximum absolute atomic E-state index is 10.7. The van der Waals surface area contributed by atoms with Crippen molar-refractivity contribution in [3.63, 3.8) is 0 Å². The first-order chi connectivity index (χ1) is 8.44. The molecule has 1 aromatic rings. The van der Waals surface area contributed by atoms with Gasteiger partial charge in [0.2, 0.25) is 0 Å². The van der Waals surface area contributed by atoms with Crippen LogP contribution in [0, 0.1) is 0 Å². The van der Waals surface area contributed by atoms with Crippen LogP contribution >= 0.6 is 0 Å². The van der Waals surface area contributed by atoms with E-state index in [1.54, 1.807) is 6.92 Å². The third-order valence-corrected chi connectivity index (χ3v) is 2.54. The lowest BCUT2D eigenvalue weighted by Crippen LogP contribution is -2.37. The first-order valence-corrected chi connectivity index (χ1v) is 5.34. The molecule has 0 aliphatic heterocycles. The van der Waals surface area contributed by atoms with E-state index in [2.05, 4.69) is 0 Å². The summed E-state index contributed by atoms with van der Waals surface area (Å²) in [4.78, 5) is 21.4. The Morgan fingerprint density at radius 2 is 1.50 bits per heavy atom. The Kier molecular flexibility index (Phi) is 4.53. The van der Waals surface area contributed by atoms with Crippen LogP contribution in [-0.2, 0) is 14.9 Å². The van der Waals surface area contributed by atoms with E-state index in [9.17, 15) is 9.59 Å². The molecule has 98 valence electrons. The van der Waals surface area contributed by atoms with Crippen LogP contribution in [0.2, 0.25) is 0 Å². The number of carbonyl (C=O) groups excluding carboxylic acids is 2. The van der Waals surface area contributed by atoms with Crippen LogP contribution in [-0.4, -0.2) is 25.4 Å². The van der Waals surface area contributed by atoms with E-state index >= 15 is 0 Å². The first-order valence-electron chi connectivity index (χ1n) is 5.34. The Morgan fingerprint density at radius 1 is 1.06 bits per heavy atom. The number of hydrogen-bond acceptors (Lipinski definition) is 4. The van der Waals surface area contributed by atoms with Crippen molar-refractivity contribution in [3.8, 4) is 0 Å². The minimum atomic E-state index is -0.878. The Hall–Kier alpha value is -2.24. The average molecular weight is 252 g/mol. The van der Waals surface area contributed by atoms with Crippen LogP contribution in [0.1, 0.15) is 12.5 Å². The third kappa shape index (κ3) is 3.97. The Labute approximate surface area is 105 Å². The van der Waals surface area contributed by atoms with E-state index in [0.717, 1.165) is 5.56 Å². The largest absolute Gasteiger partial charge is 0.449 e. The van der Waals surface area contributed by atoms with Gasteiger partial charge in [0.1, 0.15) is 13.2 Å². The number of carbonyl (C=O) groups is 2. The first kappa shape index (κ1) is 13.8. The fourth-order valence-corrected chi connectivity index (χ4v) is 1.51. The van der Waals surface area contributed by atoms with Gasteiger partial charge in [0, 0.05) is 0 Å². The highest BCUT2D eigenvalue weighted by Crippen LogP contribution is 2.24. The van der Waals surface area contributed by atoms with Crippen LogP contribution < -0.4 is 11.5 Å². The van der Waals surface area contributed by atoms with Gasteiger partial charge in [-0.1, -0.05) is 30.3 Å². The highest BCUT2D eigenvalue weighted by atomic mass is 16.6. The van der Waals surface area contributed by atoms with Gasteiger partial charge in [0.15, 0.2) is 0 Å². The highest BCUT2D eigenvalue weighted by molar-refractivity contribution is 5.65. The van der Waals surface area contributed by atoms with Crippen LogP contribution in [0.3, 0.4) is 0 Å². The minimum absolute atomic E-state index is 0.000370. The Morgan fingerprint density at radius 3 is 1.89 bits per heavy atom. The second-order valence-corrected chi connectivity index (χ2v) is 4.14. The zero-order chi connectivity index (χ0) is 13.6. The van der Waals surface area contributed by atoms with Crippen molar-refractivity contribution in [2.45, 2.75) is 12.3 Å². The van der Waals surface area contributed by atoms with Crippen molar-refractivity contribution in [2.24, 2.45) is 11.5 Å². The van der Waals surface area contributed by atoms with Gasteiger partial charge in [-0.25, -0.2) is 9.59 Å². The Bertz CT molecular complexity index is 401. The van der Waals surface area contributed by atoms with Gasteiger partial charge in [-0.05, 0) is 12.5 Å². The van der Waals surface area contributed by atoms with Crippen molar-refractivity contribution in [1.82, 2.24) is 0 Å². The topological polar surface area (TPSA) is 105 Å². The molecule has 6 nitrogen and oxygen atoms in total. The van der Waals surface area contributed by atoms with Crippen LogP contribution in [0.25, 0.3) is 0 Å². The maximum atomic E-state index is 10.7. The van der Waals surface area contributed by atoms with Crippen LogP contribution in [0.5, 0.6) is 0 Å². The van der Waals surface area contributed by atoms with E-state index in [-0.39, 0.29) is 13.2 Å². The molecule has 0 saturated heterocycles. The van der Waals surface area contributed by atoms with Gasteiger partial charge < -0.3 is 20.9 Å². The number of amides is 2. The summed E-state index contributed by atoms with van der Waals surface area (Å²) in [5, 5.41) is 0. The monoisotopic (exact) mass is 252 g/mol. The summed E-state index contributed by atoms with van der Waals surface area (Å²) >= 11 is 0. The van der Waals surface area contributed by atoms with Crippen molar-refractivity contribution >= 4 is 12.2 Å². The predicted octanol–water partition coefficient (Wildman–Crippen LogP) is 1.13. The summed E-state index contributed by atoms with van der Waals surface area (Å²) in [5.74, 6) is 0. The molecular weight excluding hydrogens is 236 g/mol. The second-order valence-electron chi connectivity index (χ2n) is 4.14. The standard InChI is InChI=1S/C12H16N2O4/c1-12(7-17-10(13)15,8-18-11(14)16)9-5-3-2-4-6-9/h2-6H,7-8H2,1H3,(H2,13,15)(H2,14,16). The molecular formula is C12H16N2O4. The average Bonchev–Trinajstić information content (AvgIpc) is 2.35. The molecule has 1 aromatic carbocycles. The molecule has 1 rings (SSSR count). The zero-order valence-electron chi connectivity index (χ0n) is 10.1. The molecule has 0 heterocycles. The molecule has 0 unspecified atom stereocenters. The van der Waals surface area contributed by atoms with Gasteiger partial charge in [0.05, 0.1) is 5.41 Å².